The molecule has 2 aliphatic heterocycles. The zero-order valence-corrected chi connectivity index (χ0v) is 22.0. The van der Waals surface area contributed by atoms with Crippen LogP contribution in [0, 0.1) is 0 Å². The molecule has 6 heteroatoms. The molecule has 1 atom stereocenters. The number of para-hydroxylation sites is 1. The first-order valence-electron chi connectivity index (χ1n) is 13.2. The number of hydrogen-bond acceptors (Lipinski definition) is 6. The first-order valence-corrected chi connectivity index (χ1v) is 13.2. The number of hydrogen-bond donors (Lipinski definition) is 0. The molecule has 0 unspecified atom stereocenters. The highest BCUT2D eigenvalue weighted by Gasteiger charge is 2.52. The molecule has 6 nitrogen and oxygen atoms in total. The van der Waals surface area contributed by atoms with Gasteiger partial charge in [-0.3, -0.25) is 4.79 Å². The molecule has 192 valence electrons. The first-order chi connectivity index (χ1) is 18.5. The van der Waals surface area contributed by atoms with E-state index in [1.54, 1.807) is 0 Å². The minimum absolute atomic E-state index is 0.0835. The predicted octanol–water partition coefficient (Wildman–Crippen LogP) is 6.38. The number of amidine groups is 1. The van der Waals surface area contributed by atoms with E-state index < -0.39 is 5.66 Å². The molecule has 0 bridgehead atoms. The predicted molar refractivity (Wildman–Crippen MR) is 151 cm³/mol. The topological polar surface area (TPSA) is 54.4 Å². The van der Waals surface area contributed by atoms with E-state index in [1.165, 1.54) is 5.56 Å². The lowest BCUT2D eigenvalue weighted by Gasteiger charge is -2.46. The lowest BCUT2D eigenvalue weighted by Crippen LogP contribution is -2.55. The molecule has 4 aromatic rings. The average molecular weight is 506 g/mol. The Morgan fingerprint density at radius 3 is 2.29 bits per heavy atom. The van der Waals surface area contributed by atoms with Crippen LogP contribution in [0.1, 0.15) is 42.3 Å². The van der Waals surface area contributed by atoms with Gasteiger partial charge in [-0.1, -0.05) is 54.6 Å². The van der Waals surface area contributed by atoms with Crippen LogP contribution in [0.15, 0.2) is 90.0 Å². The van der Waals surface area contributed by atoms with Gasteiger partial charge in [-0.2, -0.15) is 0 Å². The third-order valence-electron chi connectivity index (χ3n) is 7.49. The van der Waals surface area contributed by atoms with Crippen molar-refractivity contribution in [3.63, 3.8) is 0 Å². The van der Waals surface area contributed by atoms with Gasteiger partial charge in [-0.15, -0.1) is 5.10 Å². The number of Topliss-reactive ketones (excluding diaryl/α,β-unsaturated/α-hetero) is 1. The smallest absolute Gasteiger partial charge is 0.230 e. The fourth-order valence-electron chi connectivity index (χ4n) is 5.67. The quantitative estimate of drug-likeness (QED) is 0.273. The summed E-state index contributed by atoms with van der Waals surface area (Å²) in [7, 11) is 0. The molecule has 0 amide bonds. The van der Waals surface area contributed by atoms with Crippen LogP contribution in [0.4, 0.5) is 5.69 Å². The van der Waals surface area contributed by atoms with Crippen LogP contribution in [0.3, 0.4) is 0 Å². The van der Waals surface area contributed by atoms with Crippen molar-refractivity contribution >= 4 is 28.1 Å². The van der Waals surface area contributed by atoms with Gasteiger partial charge in [0.25, 0.3) is 0 Å². The van der Waals surface area contributed by atoms with E-state index in [-0.39, 0.29) is 5.78 Å². The van der Waals surface area contributed by atoms with E-state index in [9.17, 15) is 4.79 Å². The van der Waals surface area contributed by atoms with Crippen molar-refractivity contribution in [3.05, 3.63) is 102 Å². The van der Waals surface area contributed by atoms with Crippen LogP contribution >= 0.6 is 0 Å². The maximum atomic E-state index is 14.0. The van der Waals surface area contributed by atoms with Gasteiger partial charge >= 0.3 is 0 Å². The molecular weight excluding hydrogens is 474 g/mol. The highest BCUT2D eigenvalue weighted by molar-refractivity contribution is 6.46. The number of anilines is 1. The van der Waals surface area contributed by atoms with E-state index in [4.69, 9.17) is 14.6 Å². The number of carbonyl (C=O) groups excluding carboxylic acids is 1. The minimum atomic E-state index is -0.715. The van der Waals surface area contributed by atoms with Gasteiger partial charge in [-0.05, 0) is 73.9 Å². The molecule has 0 fully saturated rings. The number of carbonyl (C=O) groups is 1. The molecule has 0 radical (unpaired) electrons. The first kappa shape index (κ1) is 24.0. The summed E-state index contributed by atoms with van der Waals surface area (Å²) in [5.74, 6) is 1.82. The van der Waals surface area contributed by atoms with Crippen LogP contribution in [0.2, 0.25) is 0 Å². The fraction of sp³-hybridized carbons (Fsp3) is 0.250. The summed E-state index contributed by atoms with van der Waals surface area (Å²) in [5, 5.41) is 9.14. The summed E-state index contributed by atoms with van der Waals surface area (Å²) in [5.41, 5.74) is 3.07. The molecule has 0 saturated carbocycles. The Bertz CT molecular complexity index is 1550. The van der Waals surface area contributed by atoms with Gasteiger partial charge in [0.15, 0.2) is 23.0 Å². The number of benzene rings is 4. The van der Waals surface area contributed by atoms with Crippen LogP contribution in [0.25, 0.3) is 10.8 Å². The normalized spacial score (nSPS) is 18.1. The van der Waals surface area contributed by atoms with Gasteiger partial charge < -0.3 is 14.4 Å². The third kappa shape index (κ3) is 3.79. The summed E-state index contributed by atoms with van der Waals surface area (Å²) in [4.78, 5) is 16.2. The molecular formula is C32H31N3O3. The number of ketones is 1. The van der Waals surface area contributed by atoms with Crippen molar-refractivity contribution in [2.75, 3.05) is 24.8 Å². The van der Waals surface area contributed by atoms with Crippen LogP contribution in [-0.4, -0.2) is 36.3 Å². The fourth-order valence-corrected chi connectivity index (χ4v) is 5.67. The highest BCUT2D eigenvalue weighted by Crippen LogP contribution is 2.48. The number of nitrogens with zero attached hydrogens (tertiary/aromatic N) is 3. The molecule has 38 heavy (non-hydrogen) atoms. The second kappa shape index (κ2) is 9.53. The van der Waals surface area contributed by atoms with Crippen molar-refractivity contribution in [2.24, 2.45) is 5.10 Å². The van der Waals surface area contributed by atoms with Crippen molar-refractivity contribution in [2.45, 2.75) is 32.9 Å². The maximum absolute atomic E-state index is 14.0. The van der Waals surface area contributed by atoms with Crippen LogP contribution < -0.4 is 14.5 Å². The summed E-state index contributed by atoms with van der Waals surface area (Å²) in [6.07, 6.45) is 0.768. The van der Waals surface area contributed by atoms with Gasteiger partial charge in [-0.25, -0.2) is 5.01 Å². The summed E-state index contributed by atoms with van der Waals surface area (Å²) < 4.78 is 11.9. The number of fused-ring (bicyclic) bond motifs is 4. The molecule has 0 N–H and O–H groups in total. The zero-order valence-electron chi connectivity index (χ0n) is 22.0. The number of rotatable bonds is 7. The molecule has 0 spiro atoms. The Kier molecular flexibility index (Phi) is 6.03. The Morgan fingerprint density at radius 2 is 1.55 bits per heavy atom. The van der Waals surface area contributed by atoms with Crippen LogP contribution in [0.5, 0.6) is 11.5 Å². The van der Waals surface area contributed by atoms with Gasteiger partial charge in [0.05, 0.1) is 18.9 Å². The monoisotopic (exact) mass is 505 g/mol. The molecule has 0 aliphatic carbocycles. The lowest BCUT2D eigenvalue weighted by molar-refractivity contribution is 0.103. The lowest BCUT2D eigenvalue weighted by atomic mass is 9.86. The summed E-state index contributed by atoms with van der Waals surface area (Å²) in [6.45, 7) is 7.84. The summed E-state index contributed by atoms with van der Waals surface area (Å²) in [6, 6.07) is 28.2. The Hall–Kier alpha value is -4.32. The van der Waals surface area contributed by atoms with Gasteiger partial charge in [0.1, 0.15) is 0 Å². The highest BCUT2D eigenvalue weighted by atomic mass is 16.5. The van der Waals surface area contributed by atoms with Crippen LogP contribution in [-0.2, 0) is 12.1 Å². The van der Waals surface area contributed by atoms with E-state index in [2.05, 4.69) is 30.0 Å². The molecule has 2 aliphatic rings. The number of hydrazone groups is 1. The third-order valence-corrected chi connectivity index (χ3v) is 7.49. The van der Waals surface area contributed by atoms with E-state index in [0.29, 0.717) is 36.9 Å². The Balaban J connectivity index is 1.49. The van der Waals surface area contributed by atoms with E-state index >= 15 is 0 Å². The molecule has 2 heterocycles. The minimum Gasteiger partial charge on any atom is -0.490 e. The Labute approximate surface area is 223 Å². The average Bonchev–Trinajstić information content (AvgIpc) is 3.27. The van der Waals surface area contributed by atoms with Gasteiger partial charge in [0.2, 0.25) is 5.78 Å². The SMILES string of the molecule is CCOc1cc2c(cc1OCC)[C@@]1(C)N(CC2)C(C(=O)c2ccc3ccccc3c2)=NN1c1ccccc1. The van der Waals surface area contributed by atoms with E-state index in [0.717, 1.165) is 34.2 Å². The molecule has 4 aromatic carbocycles. The second-order valence-corrected chi connectivity index (χ2v) is 9.71. The molecule has 0 saturated heterocycles. The Morgan fingerprint density at radius 1 is 0.868 bits per heavy atom. The molecule has 0 aromatic heterocycles. The largest absolute Gasteiger partial charge is 0.490 e. The van der Waals surface area contributed by atoms with Crippen molar-refractivity contribution in [1.82, 2.24) is 4.90 Å². The van der Waals surface area contributed by atoms with Crippen molar-refractivity contribution in [1.29, 1.82) is 0 Å². The number of ether oxygens (including phenoxy) is 2. The van der Waals surface area contributed by atoms with Crippen molar-refractivity contribution < 1.29 is 14.3 Å². The second-order valence-electron chi connectivity index (χ2n) is 9.71. The van der Waals surface area contributed by atoms with E-state index in [1.807, 2.05) is 85.6 Å². The standard InChI is InChI=1S/C32H31N3O3/c1-4-37-28-20-24-17-18-34-31(30(36)25-16-15-22-11-9-10-12-23(22)19-25)33-35(26-13-7-6-8-14-26)32(34,3)27(24)21-29(28)38-5-2/h6-16,19-21H,4-5,17-18H2,1-3H3/t32-/m0/s1. The zero-order chi connectivity index (χ0) is 26.3. The molecule has 6 rings (SSSR count). The van der Waals surface area contributed by atoms with Crippen molar-refractivity contribution in [3.8, 4) is 11.5 Å². The maximum Gasteiger partial charge on any atom is 0.230 e. The van der Waals surface area contributed by atoms with Gasteiger partial charge in [0, 0.05) is 17.7 Å². The summed E-state index contributed by atoms with van der Waals surface area (Å²) >= 11 is 0.